The lowest BCUT2D eigenvalue weighted by molar-refractivity contribution is -0.0167. The molecule has 2 aromatic carbocycles. The van der Waals surface area contributed by atoms with Crippen molar-refractivity contribution in [3.8, 4) is 0 Å². The summed E-state index contributed by atoms with van der Waals surface area (Å²) in [5.41, 5.74) is 6.08. The van der Waals surface area contributed by atoms with Gasteiger partial charge in [-0.2, -0.15) is 0 Å². The summed E-state index contributed by atoms with van der Waals surface area (Å²) in [6.45, 7) is 16.2. The maximum atomic E-state index is 12.1. The molecule has 3 rings (SSSR count). The van der Waals surface area contributed by atoms with Crippen LogP contribution in [0.2, 0.25) is 0 Å². The molecule has 0 saturated heterocycles. The fourth-order valence-electron chi connectivity index (χ4n) is 4.95. The fraction of sp³-hybridized carbons (Fsp3) is 0.531. The third-order valence-corrected chi connectivity index (χ3v) is 7.48. The standard InChI is InChI=1S/C32H43ClO3/c1-20(2)26-17-27(21(3)4)30(28(18-26)22(5)6)23(7)36-31-25(19-29(31)33)15-11-12-16-35-32(34)24-13-9-8-10-14-24/h8-10,13-14,17-23,25,31H,11-12,15-16H2,1-7H3/t23-,25-,31-/m1/s1. The molecule has 36 heavy (non-hydrogen) atoms. The second kappa shape index (κ2) is 12.9. The number of halogens is 1. The first-order valence-corrected chi connectivity index (χ1v) is 13.9. The molecule has 1 aliphatic carbocycles. The lowest BCUT2D eigenvalue weighted by Crippen LogP contribution is -2.33. The largest absolute Gasteiger partial charge is 0.462 e. The number of hydrogen-bond donors (Lipinski definition) is 0. The van der Waals surface area contributed by atoms with E-state index in [1.54, 1.807) is 12.1 Å². The molecule has 0 aliphatic heterocycles. The quantitative estimate of drug-likeness (QED) is 0.211. The highest BCUT2D eigenvalue weighted by Crippen LogP contribution is 2.42. The van der Waals surface area contributed by atoms with Crippen LogP contribution in [0.15, 0.2) is 53.6 Å². The molecular weight excluding hydrogens is 468 g/mol. The van der Waals surface area contributed by atoms with Gasteiger partial charge in [0.05, 0.1) is 24.4 Å². The number of esters is 1. The average Bonchev–Trinajstić information content (AvgIpc) is 2.85. The first-order chi connectivity index (χ1) is 17.1. The van der Waals surface area contributed by atoms with Crippen molar-refractivity contribution in [1.29, 1.82) is 0 Å². The zero-order chi connectivity index (χ0) is 26.4. The van der Waals surface area contributed by atoms with Gasteiger partial charge in [-0.15, -0.1) is 0 Å². The Morgan fingerprint density at radius 2 is 1.50 bits per heavy atom. The van der Waals surface area contributed by atoms with Gasteiger partial charge < -0.3 is 9.47 Å². The molecule has 1 aliphatic rings. The van der Waals surface area contributed by atoms with E-state index < -0.39 is 0 Å². The number of ether oxygens (including phenoxy) is 2. The summed E-state index contributed by atoms with van der Waals surface area (Å²) >= 11 is 6.53. The maximum absolute atomic E-state index is 12.1. The van der Waals surface area contributed by atoms with E-state index in [4.69, 9.17) is 21.1 Å². The van der Waals surface area contributed by atoms with E-state index in [1.807, 2.05) is 18.2 Å². The molecule has 196 valence electrons. The van der Waals surface area contributed by atoms with E-state index in [0.29, 0.717) is 35.8 Å². The van der Waals surface area contributed by atoms with Crippen LogP contribution in [0.5, 0.6) is 0 Å². The summed E-state index contributed by atoms with van der Waals surface area (Å²) in [5.74, 6) is 1.37. The van der Waals surface area contributed by atoms with Crippen LogP contribution in [0, 0.1) is 5.92 Å². The van der Waals surface area contributed by atoms with Crippen LogP contribution in [-0.2, 0) is 9.47 Å². The Morgan fingerprint density at radius 3 is 2.03 bits per heavy atom. The Kier molecular flexibility index (Phi) is 10.2. The summed E-state index contributed by atoms with van der Waals surface area (Å²) in [7, 11) is 0. The number of unbranched alkanes of at least 4 members (excludes halogenated alkanes) is 1. The van der Waals surface area contributed by atoms with Crippen molar-refractivity contribution < 1.29 is 14.3 Å². The Labute approximate surface area is 223 Å². The molecule has 0 amide bonds. The summed E-state index contributed by atoms with van der Waals surface area (Å²) in [6.07, 6.45) is 4.76. The second-order valence-electron chi connectivity index (χ2n) is 11.0. The van der Waals surface area contributed by atoms with Crippen LogP contribution in [0.1, 0.15) is 124 Å². The van der Waals surface area contributed by atoms with E-state index in [2.05, 4.69) is 66.7 Å². The number of carbonyl (C=O) groups excluding carboxylic acids is 1. The SMILES string of the molecule is CC(C)c1cc(C(C)C)c([C@@H](C)O[C@H]2C(Cl)=C[C@H]2CCCCOC(=O)c2ccccc2)c(C(C)C)c1. The Balaban J connectivity index is 1.60. The lowest BCUT2D eigenvalue weighted by Gasteiger charge is -2.36. The molecular formula is C32H43ClO3. The van der Waals surface area contributed by atoms with Crippen molar-refractivity contribution in [3.63, 3.8) is 0 Å². The highest BCUT2D eigenvalue weighted by Gasteiger charge is 2.34. The van der Waals surface area contributed by atoms with Gasteiger partial charge in [-0.05, 0) is 78.3 Å². The molecule has 0 radical (unpaired) electrons. The van der Waals surface area contributed by atoms with Crippen molar-refractivity contribution in [2.24, 2.45) is 5.92 Å². The summed E-state index contributed by atoms with van der Waals surface area (Å²) in [4.78, 5) is 12.1. The monoisotopic (exact) mass is 510 g/mol. The van der Waals surface area contributed by atoms with Crippen LogP contribution in [0.4, 0.5) is 0 Å². The molecule has 0 heterocycles. The van der Waals surface area contributed by atoms with Crippen molar-refractivity contribution in [2.45, 2.75) is 97.7 Å². The van der Waals surface area contributed by atoms with E-state index in [9.17, 15) is 4.79 Å². The normalized spacial score (nSPS) is 18.4. The molecule has 0 fully saturated rings. The van der Waals surface area contributed by atoms with Crippen molar-refractivity contribution in [2.75, 3.05) is 6.61 Å². The lowest BCUT2D eigenvalue weighted by atomic mass is 9.82. The van der Waals surface area contributed by atoms with Gasteiger partial charge in [0.15, 0.2) is 0 Å². The summed E-state index contributed by atoms with van der Waals surface area (Å²) in [5, 5.41) is 0.804. The van der Waals surface area contributed by atoms with Gasteiger partial charge in [0.25, 0.3) is 0 Å². The van der Waals surface area contributed by atoms with Crippen LogP contribution < -0.4 is 0 Å². The Hall–Kier alpha value is -2.10. The van der Waals surface area contributed by atoms with Gasteiger partial charge in [-0.25, -0.2) is 4.79 Å². The average molecular weight is 511 g/mol. The predicted molar refractivity (Wildman–Crippen MR) is 150 cm³/mol. The highest BCUT2D eigenvalue weighted by molar-refractivity contribution is 6.31. The van der Waals surface area contributed by atoms with E-state index in [-0.39, 0.29) is 18.2 Å². The van der Waals surface area contributed by atoms with Crippen LogP contribution in [0.25, 0.3) is 0 Å². The third kappa shape index (κ3) is 7.01. The van der Waals surface area contributed by atoms with Crippen LogP contribution >= 0.6 is 11.6 Å². The zero-order valence-electron chi connectivity index (χ0n) is 23.0. The molecule has 0 unspecified atom stereocenters. The number of benzene rings is 2. The highest BCUT2D eigenvalue weighted by atomic mass is 35.5. The topological polar surface area (TPSA) is 35.5 Å². The first kappa shape index (κ1) is 28.5. The second-order valence-corrected chi connectivity index (χ2v) is 11.4. The van der Waals surface area contributed by atoms with E-state index in [0.717, 1.165) is 24.3 Å². The van der Waals surface area contributed by atoms with Gasteiger partial charge in [-0.3, -0.25) is 0 Å². The van der Waals surface area contributed by atoms with Crippen LogP contribution in [-0.4, -0.2) is 18.7 Å². The van der Waals surface area contributed by atoms with Gasteiger partial charge in [0.1, 0.15) is 0 Å². The molecule has 3 nitrogen and oxygen atoms in total. The predicted octanol–water partition coefficient (Wildman–Crippen LogP) is 9.28. The fourth-order valence-corrected chi connectivity index (χ4v) is 5.32. The molecule has 2 aromatic rings. The van der Waals surface area contributed by atoms with Gasteiger partial charge in [0, 0.05) is 11.0 Å². The molecule has 4 heteroatoms. The van der Waals surface area contributed by atoms with E-state index in [1.165, 1.54) is 22.3 Å². The van der Waals surface area contributed by atoms with Gasteiger partial charge in [-0.1, -0.05) is 89.6 Å². The Bertz CT molecular complexity index is 1010. The first-order valence-electron chi connectivity index (χ1n) is 13.5. The Morgan fingerprint density at radius 1 is 0.889 bits per heavy atom. The molecule has 0 bridgehead atoms. The zero-order valence-corrected chi connectivity index (χ0v) is 23.8. The van der Waals surface area contributed by atoms with Crippen LogP contribution in [0.3, 0.4) is 0 Å². The number of hydrogen-bond acceptors (Lipinski definition) is 3. The van der Waals surface area contributed by atoms with Crippen molar-refractivity contribution in [3.05, 3.63) is 81.4 Å². The minimum atomic E-state index is -0.261. The van der Waals surface area contributed by atoms with Gasteiger partial charge >= 0.3 is 5.97 Å². The summed E-state index contributed by atoms with van der Waals surface area (Å²) in [6, 6.07) is 13.9. The minimum Gasteiger partial charge on any atom is -0.462 e. The molecule has 0 saturated carbocycles. The number of carbonyl (C=O) groups is 1. The number of rotatable bonds is 12. The van der Waals surface area contributed by atoms with Crippen molar-refractivity contribution >= 4 is 17.6 Å². The third-order valence-electron chi connectivity index (χ3n) is 7.14. The minimum absolute atomic E-state index is 0.0391. The molecule has 0 spiro atoms. The summed E-state index contributed by atoms with van der Waals surface area (Å²) < 4.78 is 12.1. The van der Waals surface area contributed by atoms with Crippen molar-refractivity contribution in [1.82, 2.24) is 0 Å². The van der Waals surface area contributed by atoms with Gasteiger partial charge in [0.2, 0.25) is 0 Å². The smallest absolute Gasteiger partial charge is 0.338 e. The maximum Gasteiger partial charge on any atom is 0.338 e. The van der Waals surface area contributed by atoms with E-state index >= 15 is 0 Å². The molecule has 0 N–H and O–H groups in total. The molecule has 3 atom stereocenters. The molecule has 0 aromatic heterocycles.